The molecule has 0 fully saturated rings. The molecule has 1 heterocycles. The molecule has 4 nitrogen and oxygen atoms in total. The molecule has 0 bridgehead atoms. The first-order valence-electron chi connectivity index (χ1n) is 6.63. The van der Waals surface area contributed by atoms with Crippen molar-refractivity contribution < 1.29 is 13.9 Å². The fourth-order valence-electron chi connectivity index (χ4n) is 2.36. The summed E-state index contributed by atoms with van der Waals surface area (Å²) in [7, 11) is 3.72. The third kappa shape index (κ3) is 3.86. The first-order chi connectivity index (χ1) is 9.78. The Kier molecular flexibility index (Phi) is 4.39. The van der Waals surface area contributed by atoms with Crippen LogP contribution in [0.4, 0.5) is 14.5 Å². The van der Waals surface area contributed by atoms with Crippen molar-refractivity contribution in [3.63, 3.8) is 0 Å². The number of fused-ring (bicyclic) bond motifs is 1. The molecular formula is C15H19F2N3O. The van der Waals surface area contributed by atoms with Crippen molar-refractivity contribution >= 4 is 16.6 Å². The van der Waals surface area contributed by atoms with Crippen LogP contribution in [0, 0.1) is 11.6 Å². The van der Waals surface area contributed by atoms with Gasteiger partial charge in [0.25, 0.3) is 0 Å². The van der Waals surface area contributed by atoms with Crippen molar-refractivity contribution in [2.45, 2.75) is 12.5 Å². The maximum Gasteiger partial charge on any atom is 0.152 e. The third-order valence-corrected chi connectivity index (χ3v) is 3.08. The van der Waals surface area contributed by atoms with Gasteiger partial charge >= 0.3 is 0 Å². The number of hydrogen-bond donors (Lipinski definition) is 2. The van der Waals surface area contributed by atoms with Crippen LogP contribution in [0.3, 0.4) is 0 Å². The first kappa shape index (κ1) is 15.6. The van der Waals surface area contributed by atoms with Crippen molar-refractivity contribution in [2.75, 3.05) is 32.5 Å². The van der Waals surface area contributed by atoms with Gasteiger partial charge < -0.3 is 15.3 Å². The van der Waals surface area contributed by atoms with Crippen LogP contribution < -0.4 is 5.32 Å². The number of hydrogen-bond acceptors (Lipinski definition) is 4. The zero-order valence-electron chi connectivity index (χ0n) is 12.3. The average Bonchev–Trinajstić information content (AvgIpc) is 2.35. The van der Waals surface area contributed by atoms with E-state index in [9.17, 15) is 13.9 Å². The van der Waals surface area contributed by atoms with Crippen LogP contribution >= 0.6 is 0 Å². The van der Waals surface area contributed by atoms with Gasteiger partial charge in [0.15, 0.2) is 5.82 Å². The predicted molar refractivity (Wildman–Crippen MR) is 79.3 cm³/mol. The van der Waals surface area contributed by atoms with E-state index in [0.717, 1.165) is 6.07 Å². The van der Waals surface area contributed by atoms with Crippen molar-refractivity contribution in [3.05, 3.63) is 36.0 Å². The summed E-state index contributed by atoms with van der Waals surface area (Å²) < 4.78 is 27.1. The molecule has 2 N–H and O–H groups in total. The number of benzene rings is 1. The van der Waals surface area contributed by atoms with Gasteiger partial charge in [0.05, 0.1) is 5.60 Å². The molecule has 114 valence electrons. The average molecular weight is 295 g/mol. The van der Waals surface area contributed by atoms with Gasteiger partial charge in [-0.1, -0.05) is 0 Å². The van der Waals surface area contributed by atoms with Crippen LogP contribution in [0.1, 0.15) is 6.92 Å². The summed E-state index contributed by atoms with van der Waals surface area (Å²) in [6, 6.07) is 3.67. The second-order valence-electron chi connectivity index (χ2n) is 5.73. The Hall–Kier alpha value is -1.79. The number of pyridine rings is 1. The Morgan fingerprint density at radius 2 is 2.05 bits per heavy atom. The molecule has 0 aliphatic rings. The van der Waals surface area contributed by atoms with E-state index in [1.807, 2.05) is 19.0 Å². The molecule has 0 saturated heterocycles. The van der Waals surface area contributed by atoms with Gasteiger partial charge in [0.2, 0.25) is 0 Å². The van der Waals surface area contributed by atoms with Crippen molar-refractivity contribution in [3.8, 4) is 0 Å². The van der Waals surface area contributed by atoms with Crippen molar-refractivity contribution in [1.29, 1.82) is 0 Å². The summed E-state index contributed by atoms with van der Waals surface area (Å²) in [6.07, 6.45) is 1.45. The van der Waals surface area contributed by atoms with Crippen LogP contribution in [0.15, 0.2) is 24.4 Å². The SMILES string of the molecule is CN(C)CC(C)(O)CNc1ccnc2c(F)cc(F)cc12. The van der Waals surface area contributed by atoms with Gasteiger partial charge in [-0.2, -0.15) is 0 Å². The fourth-order valence-corrected chi connectivity index (χ4v) is 2.36. The van der Waals surface area contributed by atoms with Gasteiger partial charge in [-0.15, -0.1) is 0 Å². The minimum absolute atomic E-state index is 0.105. The molecule has 1 aromatic heterocycles. The third-order valence-electron chi connectivity index (χ3n) is 3.08. The van der Waals surface area contributed by atoms with Crippen LogP contribution in [0.5, 0.6) is 0 Å². The van der Waals surface area contributed by atoms with Gasteiger partial charge in [0, 0.05) is 36.4 Å². The predicted octanol–water partition coefficient (Wildman–Crippen LogP) is 2.24. The second-order valence-corrected chi connectivity index (χ2v) is 5.73. The van der Waals surface area contributed by atoms with Crippen LogP contribution in [0.25, 0.3) is 10.9 Å². The molecule has 2 aromatic rings. The number of likely N-dealkylation sites (N-methyl/N-ethyl adjacent to an activating group) is 1. The van der Waals surface area contributed by atoms with E-state index >= 15 is 0 Å². The van der Waals surface area contributed by atoms with Crippen LogP contribution in [0.2, 0.25) is 0 Å². The largest absolute Gasteiger partial charge is 0.387 e. The lowest BCUT2D eigenvalue weighted by Gasteiger charge is -2.27. The molecule has 6 heteroatoms. The molecule has 0 saturated carbocycles. The molecule has 0 radical (unpaired) electrons. The summed E-state index contributed by atoms with van der Waals surface area (Å²) in [5, 5.41) is 13.7. The summed E-state index contributed by atoms with van der Waals surface area (Å²) >= 11 is 0. The lowest BCUT2D eigenvalue weighted by atomic mass is 10.1. The highest BCUT2D eigenvalue weighted by molar-refractivity contribution is 5.91. The summed E-state index contributed by atoms with van der Waals surface area (Å²) in [5.74, 6) is -1.36. The lowest BCUT2D eigenvalue weighted by molar-refractivity contribution is 0.0460. The topological polar surface area (TPSA) is 48.4 Å². The molecule has 21 heavy (non-hydrogen) atoms. The first-order valence-corrected chi connectivity index (χ1v) is 6.63. The maximum absolute atomic E-state index is 13.7. The molecule has 2 rings (SSSR count). The van der Waals surface area contributed by atoms with E-state index in [1.165, 1.54) is 12.3 Å². The normalized spacial score (nSPS) is 14.4. The molecule has 1 unspecified atom stereocenters. The monoisotopic (exact) mass is 295 g/mol. The lowest BCUT2D eigenvalue weighted by Crippen LogP contribution is -2.43. The Morgan fingerprint density at radius 1 is 1.33 bits per heavy atom. The standard InChI is InChI=1S/C15H19F2N3O/c1-15(21,9-20(2)3)8-19-13-4-5-18-14-11(13)6-10(16)7-12(14)17/h4-7,21H,8-9H2,1-3H3,(H,18,19). The number of nitrogens with one attached hydrogen (secondary N) is 1. The quantitative estimate of drug-likeness (QED) is 0.888. The number of rotatable bonds is 5. The van der Waals surface area contributed by atoms with E-state index in [2.05, 4.69) is 10.3 Å². The molecule has 0 spiro atoms. The maximum atomic E-state index is 13.7. The Morgan fingerprint density at radius 3 is 2.71 bits per heavy atom. The number of aliphatic hydroxyl groups is 1. The smallest absolute Gasteiger partial charge is 0.152 e. The van der Waals surface area contributed by atoms with Gasteiger partial charge in [-0.3, -0.25) is 4.98 Å². The van der Waals surface area contributed by atoms with Gasteiger partial charge in [-0.05, 0) is 33.2 Å². The van der Waals surface area contributed by atoms with Gasteiger partial charge in [-0.25, -0.2) is 8.78 Å². The highest BCUT2D eigenvalue weighted by Gasteiger charge is 2.21. The minimum Gasteiger partial charge on any atom is -0.387 e. The number of nitrogens with zero attached hydrogens (tertiary/aromatic N) is 2. The number of halogens is 2. The van der Waals surface area contributed by atoms with E-state index in [4.69, 9.17) is 0 Å². The summed E-state index contributed by atoms with van der Waals surface area (Å²) in [4.78, 5) is 5.79. The Labute approximate surface area is 122 Å². The zero-order chi connectivity index (χ0) is 15.6. The van der Waals surface area contributed by atoms with E-state index in [-0.39, 0.29) is 12.1 Å². The number of aromatic nitrogens is 1. The van der Waals surface area contributed by atoms with Crippen molar-refractivity contribution in [1.82, 2.24) is 9.88 Å². The molecule has 0 aliphatic carbocycles. The molecule has 1 atom stereocenters. The molecule has 0 amide bonds. The second kappa shape index (κ2) is 5.91. The highest BCUT2D eigenvalue weighted by Crippen LogP contribution is 2.25. The van der Waals surface area contributed by atoms with Crippen LogP contribution in [-0.4, -0.2) is 47.8 Å². The molecule has 1 aromatic carbocycles. The zero-order valence-corrected chi connectivity index (χ0v) is 12.3. The fraction of sp³-hybridized carbons (Fsp3) is 0.400. The van der Waals surface area contributed by atoms with Gasteiger partial charge in [0.1, 0.15) is 11.3 Å². The van der Waals surface area contributed by atoms with E-state index in [0.29, 0.717) is 17.6 Å². The number of anilines is 1. The highest BCUT2D eigenvalue weighted by atomic mass is 19.1. The Balaban J connectivity index is 2.27. The molecule has 0 aliphatic heterocycles. The minimum atomic E-state index is -0.967. The summed E-state index contributed by atoms with van der Waals surface area (Å²) in [6.45, 7) is 2.42. The van der Waals surface area contributed by atoms with Crippen molar-refractivity contribution in [2.24, 2.45) is 0 Å². The van der Waals surface area contributed by atoms with Crippen LogP contribution in [-0.2, 0) is 0 Å². The molecular weight excluding hydrogens is 276 g/mol. The van der Waals surface area contributed by atoms with E-state index < -0.39 is 17.2 Å². The summed E-state index contributed by atoms with van der Waals surface area (Å²) in [5.41, 5.74) is -0.323. The van der Waals surface area contributed by atoms with E-state index in [1.54, 1.807) is 13.0 Å². The Bertz CT molecular complexity index is 644.